The van der Waals surface area contributed by atoms with Crippen LogP contribution in [-0.2, 0) is 9.59 Å². The number of rotatable bonds is 2. The number of Topliss-reactive ketones (excluding diaryl/α,β-unsaturated/α-hetero) is 1. The smallest absolute Gasteiger partial charge is 0.135 e. The Labute approximate surface area is 47.1 Å². The number of carbonyl (C=O) groups is 2. The maximum absolute atomic E-state index is 9.83. The molecule has 0 aromatic rings. The Balaban J connectivity index is 0. The molecule has 0 saturated heterocycles. The summed E-state index contributed by atoms with van der Waals surface area (Å²) in [4.78, 5) is 19.3. The lowest BCUT2D eigenvalue weighted by atomic mass is 10.3. The SMILES string of the molecule is CC(=O)CC(=O)[O-].[NH4+]. The van der Waals surface area contributed by atoms with Gasteiger partial charge < -0.3 is 16.1 Å². The van der Waals surface area contributed by atoms with E-state index in [0.717, 1.165) is 0 Å². The Hall–Kier alpha value is -0.900. The van der Waals surface area contributed by atoms with Crippen molar-refractivity contribution in [3.63, 3.8) is 0 Å². The van der Waals surface area contributed by atoms with Crippen molar-refractivity contribution < 1.29 is 14.7 Å². The van der Waals surface area contributed by atoms with E-state index in [2.05, 4.69) is 0 Å². The summed E-state index contributed by atoms with van der Waals surface area (Å²) >= 11 is 0. The largest absolute Gasteiger partial charge is 0.550 e. The van der Waals surface area contributed by atoms with Crippen LogP contribution in [0.25, 0.3) is 0 Å². The van der Waals surface area contributed by atoms with E-state index in [9.17, 15) is 14.7 Å². The first-order valence-electron chi connectivity index (χ1n) is 1.82. The van der Waals surface area contributed by atoms with Crippen molar-refractivity contribution in [1.29, 1.82) is 0 Å². The zero-order valence-corrected chi connectivity index (χ0v) is 4.93. The number of aliphatic carboxylic acids is 1. The monoisotopic (exact) mass is 119 g/mol. The third-order valence-electron chi connectivity index (χ3n) is 0.393. The van der Waals surface area contributed by atoms with Crippen LogP contribution in [0, 0.1) is 0 Å². The molecule has 0 saturated carbocycles. The molecule has 0 aliphatic rings. The lowest BCUT2D eigenvalue weighted by Gasteiger charge is -1.92. The fraction of sp³-hybridized carbons (Fsp3) is 0.500. The predicted octanol–water partition coefficient (Wildman–Crippen LogP) is -0.908. The van der Waals surface area contributed by atoms with Crippen LogP contribution in [0.3, 0.4) is 0 Å². The fourth-order valence-electron chi connectivity index (χ4n) is 0.203. The molecule has 0 heterocycles. The van der Waals surface area contributed by atoms with Crippen LogP contribution in [0.5, 0.6) is 0 Å². The Morgan fingerprint density at radius 1 is 1.50 bits per heavy atom. The first-order valence-corrected chi connectivity index (χ1v) is 1.82. The highest BCUT2D eigenvalue weighted by molar-refractivity contribution is 5.92. The van der Waals surface area contributed by atoms with Crippen molar-refractivity contribution in [2.24, 2.45) is 0 Å². The number of ketones is 1. The average Bonchev–Trinajstić information content (AvgIpc) is 1.27. The van der Waals surface area contributed by atoms with Crippen molar-refractivity contribution in [1.82, 2.24) is 6.15 Å². The van der Waals surface area contributed by atoms with E-state index in [1.165, 1.54) is 6.92 Å². The Kier molecular flexibility index (Phi) is 5.41. The second kappa shape index (κ2) is 4.26. The molecule has 0 fully saturated rings. The molecule has 0 amide bonds. The van der Waals surface area contributed by atoms with Gasteiger partial charge in [0.15, 0.2) is 0 Å². The summed E-state index contributed by atoms with van der Waals surface area (Å²) in [6.07, 6.45) is -0.472. The van der Waals surface area contributed by atoms with Crippen LogP contribution >= 0.6 is 0 Å². The fourth-order valence-corrected chi connectivity index (χ4v) is 0.203. The highest BCUT2D eigenvalue weighted by atomic mass is 16.4. The van der Waals surface area contributed by atoms with Crippen molar-refractivity contribution >= 4 is 11.8 Å². The minimum Gasteiger partial charge on any atom is -0.550 e. The molecule has 0 rings (SSSR count). The molecular formula is C4H9NO3. The van der Waals surface area contributed by atoms with Crippen LogP contribution in [0.2, 0.25) is 0 Å². The molecule has 8 heavy (non-hydrogen) atoms. The normalized spacial score (nSPS) is 7.12. The molecular weight excluding hydrogens is 110 g/mol. The Bertz CT molecular complexity index is 87.5. The van der Waals surface area contributed by atoms with E-state index >= 15 is 0 Å². The molecule has 0 bridgehead atoms. The number of carbonyl (C=O) groups excluding carboxylic acids is 2. The zero-order valence-electron chi connectivity index (χ0n) is 4.93. The van der Waals surface area contributed by atoms with Gasteiger partial charge in [-0.15, -0.1) is 0 Å². The second-order valence-corrected chi connectivity index (χ2v) is 1.25. The molecule has 0 aliphatic heterocycles. The van der Waals surface area contributed by atoms with Gasteiger partial charge >= 0.3 is 0 Å². The van der Waals surface area contributed by atoms with Crippen LogP contribution in [-0.4, -0.2) is 11.8 Å². The van der Waals surface area contributed by atoms with Gasteiger partial charge in [0.1, 0.15) is 5.78 Å². The molecule has 4 nitrogen and oxygen atoms in total. The topological polar surface area (TPSA) is 93.7 Å². The number of hydrogen-bond acceptors (Lipinski definition) is 3. The van der Waals surface area contributed by atoms with Gasteiger partial charge in [0.05, 0.1) is 0 Å². The van der Waals surface area contributed by atoms with Gasteiger partial charge in [-0.1, -0.05) is 0 Å². The summed E-state index contributed by atoms with van der Waals surface area (Å²) < 4.78 is 0. The van der Waals surface area contributed by atoms with Gasteiger partial charge in [-0.25, -0.2) is 0 Å². The van der Waals surface area contributed by atoms with Crippen molar-refractivity contribution in [2.45, 2.75) is 13.3 Å². The standard InChI is InChI=1S/C4H6O3.H3N/c1-3(5)2-4(6)7;/h2H2,1H3,(H,6,7);1H3. The van der Waals surface area contributed by atoms with Crippen LogP contribution in [0.4, 0.5) is 0 Å². The molecule has 0 aromatic heterocycles. The summed E-state index contributed by atoms with van der Waals surface area (Å²) in [7, 11) is 0. The number of quaternary nitrogens is 1. The molecule has 4 heteroatoms. The van der Waals surface area contributed by atoms with Crippen LogP contribution in [0.1, 0.15) is 13.3 Å². The average molecular weight is 119 g/mol. The molecule has 0 aliphatic carbocycles. The van der Waals surface area contributed by atoms with Gasteiger partial charge in [-0.05, 0) is 6.92 Å². The summed E-state index contributed by atoms with van der Waals surface area (Å²) in [6, 6.07) is 0. The number of hydrogen-bond donors (Lipinski definition) is 1. The molecule has 0 spiro atoms. The van der Waals surface area contributed by atoms with Gasteiger partial charge in [-0.2, -0.15) is 0 Å². The Morgan fingerprint density at radius 2 is 1.88 bits per heavy atom. The molecule has 0 aromatic carbocycles. The first kappa shape index (κ1) is 10.2. The highest BCUT2D eigenvalue weighted by Crippen LogP contribution is 1.74. The molecule has 0 radical (unpaired) electrons. The maximum atomic E-state index is 9.83. The van der Waals surface area contributed by atoms with Gasteiger partial charge in [0.2, 0.25) is 0 Å². The molecule has 0 atom stereocenters. The van der Waals surface area contributed by atoms with Crippen LogP contribution < -0.4 is 11.3 Å². The molecule has 4 N–H and O–H groups in total. The number of carboxylic acid groups (broad SMARTS) is 1. The lowest BCUT2D eigenvalue weighted by molar-refractivity contribution is -0.304. The van der Waals surface area contributed by atoms with E-state index in [4.69, 9.17) is 0 Å². The van der Waals surface area contributed by atoms with Gasteiger partial charge in [-0.3, -0.25) is 4.79 Å². The summed E-state index contributed by atoms with van der Waals surface area (Å²) in [5.41, 5.74) is 0. The lowest BCUT2D eigenvalue weighted by Crippen LogP contribution is -2.24. The highest BCUT2D eigenvalue weighted by Gasteiger charge is 1.88. The van der Waals surface area contributed by atoms with Crippen molar-refractivity contribution in [3.05, 3.63) is 0 Å². The van der Waals surface area contributed by atoms with E-state index in [1.54, 1.807) is 0 Å². The summed E-state index contributed by atoms with van der Waals surface area (Å²) in [5, 5.41) is 9.48. The minimum absolute atomic E-state index is 0. The first-order chi connectivity index (χ1) is 3.13. The van der Waals surface area contributed by atoms with E-state index in [1.807, 2.05) is 0 Å². The quantitative estimate of drug-likeness (QED) is 0.477. The van der Waals surface area contributed by atoms with E-state index in [-0.39, 0.29) is 11.9 Å². The number of carboxylic acids is 1. The summed E-state index contributed by atoms with van der Waals surface area (Å²) in [6.45, 7) is 1.20. The maximum Gasteiger partial charge on any atom is 0.135 e. The third-order valence-corrected chi connectivity index (χ3v) is 0.393. The molecule has 0 unspecified atom stereocenters. The van der Waals surface area contributed by atoms with Gasteiger partial charge in [0, 0.05) is 12.4 Å². The van der Waals surface area contributed by atoms with Crippen molar-refractivity contribution in [3.8, 4) is 0 Å². The zero-order chi connectivity index (χ0) is 5.86. The van der Waals surface area contributed by atoms with E-state index < -0.39 is 12.4 Å². The second-order valence-electron chi connectivity index (χ2n) is 1.25. The summed E-state index contributed by atoms with van der Waals surface area (Å²) in [5.74, 6) is -1.69. The van der Waals surface area contributed by atoms with Crippen LogP contribution in [0.15, 0.2) is 0 Å². The van der Waals surface area contributed by atoms with Crippen molar-refractivity contribution in [2.75, 3.05) is 0 Å². The Morgan fingerprint density at radius 3 is 1.88 bits per heavy atom. The molecule has 48 valence electrons. The minimum atomic E-state index is -1.31. The predicted molar refractivity (Wildman–Crippen MR) is 26.3 cm³/mol. The van der Waals surface area contributed by atoms with E-state index in [0.29, 0.717) is 0 Å². The third kappa shape index (κ3) is 8.92. The van der Waals surface area contributed by atoms with Gasteiger partial charge in [0.25, 0.3) is 0 Å².